The van der Waals surface area contributed by atoms with Crippen molar-refractivity contribution >= 4 is 33.0 Å². The van der Waals surface area contributed by atoms with Crippen LogP contribution < -0.4 is 10.0 Å². The monoisotopic (exact) mass is 322 g/mol. The third-order valence-corrected chi connectivity index (χ3v) is 5.12. The topological polar surface area (TPSA) is 100 Å². The Morgan fingerprint density at radius 2 is 2.10 bits per heavy atom. The van der Waals surface area contributed by atoms with Crippen LogP contribution in [-0.2, 0) is 10.0 Å². The molecule has 1 aromatic carbocycles. The molecular formula is C13H11ClN4O2S. The highest BCUT2D eigenvalue weighted by atomic mass is 35.5. The van der Waals surface area contributed by atoms with Crippen molar-refractivity contribution in [2.75, 3.05) is 17.1 Å². The highest BCUT2D eigenvalue weighted by Crippen LogP contribution is 2.30. The fourth-order valence-corrected chi connectivity index (χ4v) is 3.45. The molecule has 0 saturated carbocycles. The molecule has 2 aromatic rings. The van der Waals surface area contributed by atoms with Crippen LogP contribution in [0.3, 0.4) is 0 Å². The van der Waals surface area contributed by atoms with Gasteiger partial charge in [-0.15, -0.1) is 0 Å². The van der Waals surface area contributed by atoms with E-state index < -0.39 is 10.0 Å². The van der Waals surface area contributed by atoms with E-state index in [2.05, 4.69) is 4.98 Å². The van der Waals surface area contributed by atoms with Crippen molar-refractivity contribution in [3.05, 3.63) is 47.2 Å². The van der Waals surface area contributed by atoms with Crippen LogP contribution >= 0.6 is 11.6 Å². The first-order chi connectivity index (χ1) is 9.87. The summed E-state index contributed by atoms with van der Waals surface area (Å²) in [6, 6.07) is 7.41. The van der Waals surface area contributed by atoms with Crippen molar-refractivity contribution in [2.45, 2.75) is 4.90 Å². The fourth-order valence-electron chi connectivity index (χ4n) is 1.73. The first-order valence-corrected chi connectivity index (χ1v) is 7.58. The molecule has 8 heteroatoms. The number of hydrogen-bond acceptors (Lipinski definition) is 5. The quantitative estimate of drug-likeness (QED) is 0.931. The Labute approximate surface area is 127 Å². The molecule has 0 unspecified atom stereocenters. The van der Waals surface area contributed by atoms with E-state index in [1.54, 1.807) is 0 Å². The molecule has 0 bridgehead atoms. The zero-order valence-corrected chi connectivity index (χ0v) is 12.6. The Balaban J connectivity index is 2.58. The van der Waals surface area contributed by atoms with Gasteiger partial charge in [0, 0.05) is 13.2 Å². The SMILES string of the molecule is CN(c1ccncc1N)S(=O)(=O)c1cc(C#N)ccc1Cl. The van der Waals surface area contributed by atoms with Gasteiger partial charge >= 0.3 is 0 Å². The lowest BCUT2D eigenvalue weighted by Crippen LogP contribution is -2.27. The molecule has 2 rings (SSSR count). The number of nitriles is 1. The van der Waals surface area contributed by atoms with Gasteiger partial charge in [0.15, 0.2) is 0 Å². The molecule has 6 nitrogen and oxygen atoms in total. The second kappa shape index (κ2) is 5.60. The summed E-state index contributed by atoms with van der Waals surface area (Å²) >= 11 is 5.95. The molecule has 0 amide bonds. The van der Waals surface area contributed by atoms with Gasteiger partial charge in [-0.2, -0.15) is 5.26 Å². The smallest absolute Gasteiger partial charge is 0.265 e. The van der Waals surface area contributed by atoms with Crippen LogP contribution in [0.2, 0.25) is 5.02 Å². The number of aromatic nitrogens is 1. The Hall–Kier alpha value is -2.30. The van der Waals surface area contributed by atoms with Crippen molar-refractivity contribution in [1.82, 2.24) is 4.98 Å². The van der Waals surface area contributed by atoms with E-state index in [1.807, 2.05) is 6.07 Å². The van der Waals surface area contributed by atoms with Crippen LogP contribution in [0.1, 0.15) is 5.56 Å². The lowest BCUT2D eigenvalue weighted by molar-refractivity contribution is 0.594. The summed E-state index contributed by atoms with van der Waals surface area (Å²) in [5.41, 5.74) is 6.44. The molecule has 0 aliphatic heterocycles. The van der Waals surface area contributed by atoms with Gasteiger partial charge in [0.2, 0.25) is 0 Å². The van der Waals surface area contributed by atoms with Gasteiger partial charge in [-0.1, -0.05) is 11.6 Å². The average Bonchev–Trinajstić information content (AvgIpc) is 2.47. The summed E-state index contributed by atoms with van der Waals surface area (Å²) in [4.78, 5) is 3.66. The summed E-state index contributed by atoms with van der Waals surface area (Å²) in [5, 5.41) is 8.92. The lowest BCUT2D eigenvalue weighted by atomic mass is 10.2. The predicted octanol–water partition coefficient (Wildman–Crippen LogP) is 2.01. The molecule has 0 radical (unpaired) electrons. The van der Waals surface area contributed by atoms with Gasteiger partial charge in [-0.05, 0) is 24.3 Å². The molecule has 0 aliphatic carbocycles. The molecule has 1 aromatic heterocycles. The Kier molecular flexibility index (Phi) is 4.02. The molecule has 0 spiro atoms. The number of sulfonamides is 1. The molecule has 0 saturated heterocycles. The number of hydrogen-bond donors (Lipinski definition) is 1. The summed E-state index contributed by atoms with van der Waals surface area (Å²) < 4.78 is 26.3. The Morgan fingerprint density at radius 3 is 2.71 bits per heavy atom. The van der Waals surface area contributed by atoms with E-state index in [1.165, 1.54) is 43.7 Å². The standard InChI is InChI=1S/C13H11ClN4O2S/c1-18(12-4-5-17-8-11(12)16)21(19,20)13-6-9(7-15)2-3-10(13)14/h2-6,8H,16H2,1H3. The van der Waals surface area contributed by atoms with Crippen LogP contribution in [0.15, 0.2) is 41.6 Å². The van der Waals surface area contributed by atoms with E-state index in [4.69, 9.17) is 22.6 Å². The van der Waals surface area contributed by atoms with Crippen LogP contribution in [0.5, 0.6) is 0 Å². The minimum absolute atomic E-state index is 0.0356. The minimum Gasteiger partial charge on any atom is -0.396 e. The van der Waals surface area contributed by atoms with Crippen molar-refractivity contribution in [3.63, 3.8) is 0 Å². The normalized spacial score (nSPS) is 10.9. The molecule has 1 heterocycles. The second-order valence-electron chi connectivity index (χ2n) is 4.16. The minimum atomic E-state index is -3.94. The van der Waals surface area contributed by atoms with E-state index in [9.17, 15) is 8.42 Å². The molecule has 108 valence electrons. The number of nitrogens with zero attached hydrogens (tertiary/aromatic N) is 3. The van der Waals surface area contributed by atoms with Crippen LogP contribution in [0.25, 0.3) is 0 Å². The molecule has 0 atom stereocenters. The number of nitrogen functional groups attached to an aromatic ring is 1. The van der Waals surface area contributed by atoms with Gasteiger partial charge < -0.3 is 5.73 Å². The summed E-state index contributed by atoms with van der Waals surface area (Å²) in [6.07, 6.45) is 2.79. The molecular weight excluding hydrogens is 312 g/mol. The summed E-state index contributed by atoms with van der Waals surface area (Å²) in [7, 11) is -2.58. The third kappa shape index (κ3) is 2.77. The molecule has 2 N–H and O–H groups in total. The van der Waals surface area contributed by atoms with Crippen molar-refractivity contribution < 1.29 is 8.42 Å². The van der Waals surface area contributed by atoms with Crippen molar-refractivity contribution in [2.24, 2.45) is 0 Å². The highest BCUT2D eigenvalue weighted by molar-refractivity contribution is 7.93. The number of pyridine rings is 1. The first-order valence-electron chi connectivity index (χ1n) is 5.76. The number of anilines is 2. The number of halogens is 1. The van der Waals surface area contributed by atoms with Gasteiger partial charge in [-0.25, -0.2) is 8.42 Å². The van der Waals surface area contributed by atoms with Crippen LogP contribution in [0, 0.1) is 11.3 Å². The summed E-state index contributed by atoms with van der Waals surface area (Å²) in [6.45, 7) is 0. The number of rotatable bonds is 3. The van der Waals surface area contributed by atoms with Crippen molar-refractivity contribution in [1.29, 1.82) is 5.26 Å². The molecule has 0 fully saturated rings. The third-order valence-electron chi connectivity index (χ3n) is 2.87. The number of benzene rings is 1. The number of nitrogens with two attached hydrogens (primary N) is 1. The fraction of sp³-hybridized carbons (Fsp3) is 0.0769. The van der Waals surface area contributed by atoms with Crippen molar-refractivity contribution in [3.8, 4) is 6.07 Å². The van der Waals surface area contributed by atoms with E-state index in [0.717, 1.165) is 4.31 Å². The lowest BCUT2D eigenvalue weighted by Gasteiger charge is -2.21. The molecule has 21 heavy (non-hydrogen) atoms. The first kappa shape index (κ1) is 15.1. The van der Waals surface area contributed by atoms with Gasteiger partial charge in [0.25, 0.3) is 10.0 Å². The summed E-state index contributed by atoms with van der Waals surface area (Å²) in [5.74, 6) is 0. The largest absolute Gasteiger partial charge is 0.396 e. The molecule has 0 aliphatic rings. The Morgan fingerprint density at radius 1 is 1.38 bits per heavy atom. The maximum Gasteiger partial charge on any atom is 0.265 e. The van der Waals surface area contributed by atoms with Gasteiger partial charge in [0.05, 0.1) is 34.2 Å². The van der Waals surface area contributed by atoms with Crippen LogP contribution in [0.4, 0.5) is 11.4 Å². The van der Waals surface area contributed by atoms with Crippen LogP contribution in [-0.4, -0.2) is 20.4 Å². The maximum absolute atomic E-state index is 12.6. The Bertz CT molecular complexity index is 830. The van der Waals surface area contributed by atoms with E-state index >= 15 is 0 Å². The van der Waals surface area contributed by atoms with Gasteiger partial charge in [-0.3, -0.25) is 9.29 Å². The zero-order valence-electron chi connectivity index (χ0n) is 11.0. The second-order valence-corrected chi connectivity index (χ2v) is 6.51. The van der Waals surface area contributed by atoms with Gasteiger partial charge in [0.1, 0.15) is 4.90 Å². The van der Waals surface area contributed by atoms with E-state index in [0.29, 0.717) is 0 Å². The van der Waals surface area contributed by atoms with E-state index in [-0.39, 0.29) is 26.9 Å². The maximum atomic E-state index is 12.6. The predicted molar refractivity (Wildman–Crippen MR) is 80.4 cm³/mol. The highest BCUT2D eigenvalue weighted by Gasteiger charge is 2.25. The average molecular weight is 323 g/mol. The zero-order chi connectivity index (χ0) is 15.6.